The third kappa shape index (κ3) is 3.31. The Hall–Kier alpha value is -1.88. The van der Waals surface area contributed by atoms with E-state index in [-0.39, 0.29) is 42.5 Å². The molecule has 1 aromatic carbocycles. The van der Waals surface area contributed by atoms with E-state index in [0.717, 1.165) is 31.2 Å². The number of anilines is 1. The molecule has 1 saturated heterocycles. The van der Waals surface area contributed by atoms with Crippen molar-refractivity contribution in [1.82, 2.24) is 4.90 Å². The maximum Gasteiger partial charge on any atom is 0.233 e. The number of nitrogens with zero attached hydrogens (tertiary/aromatic N) is 1. The number of nitrogens with one attached hydrogen (secondary N) is 1. The van der Waals surface area contributed by atoms with E-state index in [1.165, 1.54) is 4.90 Å². The van der Waals surface area contributed by atoms with Gasteiger partial charge in [-0.15, -0.1) is 0 Å². The molecule has 2 fully saturated rings. The minimum atomic E-state index is -0.212. The molecule has 3 amide bonds. The summed E-state index contributed by atoms with van der Waals surface area (Å²) in [6, 6.07) is 5.23. The number of halogens is 1. The lowest BCUT2D eigenvalue weighted by molar-refractivity contribution is -0.140. The number of rotatable bonds is 4. The Bertz CT molecular complexity index is 665. The van der Waals surface area contributed by atoms with Crippen LogP contribution in [-0.2, 0) is 14.4 Å². The van der Waals surface area contributed by atoms with Gasteiger partial charge in [0.05, 0.1) is 11.8 Å². The molecule has 1 aliphatic heterocycles. The summed E-state index contributed by atoms with van der Waals surface area (Å²) >= 11 is 5.90. The normalized spacial score (nSPS) is 23.3. The number of fused-ring (bicyclic) bond motifs is 1. The number of hydrogen-bond donors (Lipinski definition) is 1. The highest BCUT2D eigenvalue weighted by atomic mass is 35.5. The zero-order chi connectivity index (χ0) is 17.3. The zero-order valence-electron chi connectivity index (χ0n) is 13.7. The molecule has 6 heteroatoms. The molecule has 5 nitrogen and oxygen atoms in total. The van der Waals surface area contributed by atoms with E-state index in [1.54, 1.807) is 18.2 Å². The molecule has 0 spiro atoms. The van der Waals surface area contributed by atoms with Gasteiger partial charge in [-0.1, -0.05) is 24.4 Å². The number of imide groups is 1. The van der Waals surface area contributed by atoms with Crippen molar-refractivity contribution >= 4 is 35.0 Å². The summed E-state index contributed by atoms with van der Waals surface area (Å²) in [6.07, 6.45) is 3.71. The summed E-state index contributed by atoms with van der Waals surface area (Å²) in [4.78, 5) is 38.2. The molecule has 0 radical (unpaired) electrons. The van der Waals surface area contributed by atoms with E-state index in [0.29, 0.717) is 10.7 Å². The molecule has 0 aromatic heterocycles. The quantitative estimate of drug-likeness (QED) is 0.850. The van der Waals surface area contributed by atoms with Crippen LogP contribution >= 0.6 is 11.6 Å². The first-order chi connectivity index (χ1) is 11.5. The second-order valence-corrected chi connectivity index (χ2v) is 7.02. The van der Waals surface area contributed by atoms with Gasteiger partial charge in [0.25, 0.3) is 0 Å². The second kappa shape index (κ2) is 6.93. The second-order valence-electron chi connectivity index (χ2n) is 6.58. The van der Waals surface area contributed by atoms with E-state index < -0.39 is 0 Å². The molecule has 2 aliphatic rings. The summed E-state index contributed by atoms with van der Waals surface area (Å²) in [7, 11) is 0. The van der Waals surface area contributed by atoms with Crippen LogP contribution in [0.25, 0.3) is 0 Å². The summed E-state index contributed by atoms with van der Waals surface area (Å²) in [5.74, 6) is -0.725. The third-order valence-corrected chi connectivity index (χ3v) is 5.19. The van der Waals surface area contributed by atoms with Crippen LogP contribution in [0.15, 0.2) is 18.2 Å². The van der Waals surface area contributed by atoms with Crippen LogP contribution in [-0.4, -0.2) is 29.2 Å². The van der Waals surface area contributed by atoms with Crippen LogP contribution < -0.4 is 5.32 Å². The Morgan fingerprint density at radius 3 is 2.42 bits per heavy atom. The Balaban J connectivity index is 1.58. The number of benzene rings is 1. The van der Waals surface area contributed by atoms with E-state index in [9.17, 15) is 14.4 Å². The fourth-order valence-corrected chi connectivity index (χ4v) is 3.87. The molecule has 1 N–H and O–H groups in total. The van der Waals surface area contributed by atoms with Gasteiger partial charge >= 0.3 is 0 Å². The van der Waals surface area contributed by atoms with E-state index in [4.69, 9.17) is 11.6 Å². The van der Waals surface area contributed by atoms with Gasteiger partial charge in [-0.05, 0) is 43.5 Å². The molecule has 1 aromatic rings. The van der Waals surface area contributed by atoms with Crippen molar-refractivity contribution in [3.8, 4) is 0 Å². The summed E-state index contributed by atoms with van der Waals surface area (Å²) < 4.78 is 0. The largest absolute Gasteiger partial charge is 0.326 e. The number of likely N-dealkylation sites (tertiary alicyclic amines) is 1. The minimum Gasteiger partial charge on any atom is -0.326 e. The first-order valence-corrected chi connectivity index (χ1v) is 8.76. The Morgan fingerprint density at radius 1 is 1.21 bits per heavy atom. The summed E-state index contributed by atoms with van der Waals surface area (Å²) in [5.41, 5.74) is 1.56. The van der Waals surface area contributed by atoms with Gasteiger partial charge < -0.3 is 5.32 Å². The van der Waals surface area contributed by atoms with E-state index in [1.807, 2.05) is 6.92 Å². The van der Waals surface area contributed by atoms with Crippen molar-refractivity contribution in [2.24, 2.45) is 11.8 Å². The van der Waals surface area contributed by atoms with Crippen LogP contribution in [0.2, 0.25) is 5.02 Å². The zero-order valence-corrected chi connectivity index (χ0v) is 14.4. The average molecular weight is 349 g/mol. The van der Waals surface area contributed by atoms with Crippen molar-refractivity contribution in [3.05, 3.63) is 28.8 Å². The van der Waals surface area contributed by atoms with Crippen LogP contribution in [0.3, 0.4) is 0 Å². The maximum atomic E-state index is 12.4. The predicted octanol–water partition coefficient (Wildman–Crippen LogP) is 3.15. The van der Waals surface area contributed by atoms with Crippen molar-refractivity contribution in [1.29, 1.82) is 0 Å². The number of carbonyl (C=O) groups is 3. The number of hydrogen-bond acceptors (Lipinski definition) is 3. The van der Waals surface area contributed by atoms with Crippen molar-refractivity contribution in [2.75, 3.05) is 11.9 Å². The minimum absolute atomic E-state index is 0.0971. The molecule has 3 rings (SSSR count). The first-order valence-electron chi connectivity index (χ1n) is 8.38. The van der Waals surface area contributed by atoms with Crippen LogP contribution in [0.5, 0.6) is 0 Å². The van der Waals surface area contributed by atoms with E-state index in [2.05, 4.69) is 5.32 Å². The average Bonchev–Trinajstić information content (AvgIpc) is 2.80. The monoisotopic (exact) mass is 348 g/mol. The summed E-state index contributed by atoms with van der Waals surface area (Å²) in [6.45, 7) is 2.02. The lowest BCUT2D eigenvalue weighted by Gasteiger charge is -2.19. The maximum absolute atomic E-state index is 12.4. The van der Waals surface area contributed by atoms with Crippen LogP contribution in [0, 0.1) is 18.8 Å². The third-order valence-electron chi connectivity index (χ3n) is 4.96. The smallest absolute Gasteiger partial charge is 0.233 e. The lowest BCUT2D eigenvalue weighted by atomic mass is 9.81. The van der Waals surface area contributed by atoms with Gasteiger partial charge in [0.1, 0.15) is 0 Å². The number of amides is 3. The Labute approximate surface area is 146 Å². The molecule has 128 valence electrons. The standard InChI is InChI=1S/C18H21ClN2O3/c1-11-10-12(19)6-7-15(11)20-16(22)8-9-21-17(23)13-4-2-3-5-14(13)18(21)24/h6-7,10,13-14H,2-5,8-9H2,1H3,(H,20,22)/t13-,14-/m0/s1. The molecule has 0 unspecified atom stereocenters. The van der Waals surface area contributed by atoms with Gasteiger partial charge in [-0.3, -0.25) is 19.3 Å². The van der Waals surface area contributed by atoms with Crippen molar-refractivity contribution < 1.29 is 14.4 Å². The fourth-order valence-electron chi connectivity index (χ4n) is 3.64. The first kappa shape index (κ1) is 17.0. The van der Waals surface area contributed by atoms with E-state index >= 15 is 0 Å². The Kier molecular flexibility index (Phi) is 4.90. The highest BCUT2D eigenvalue weighted by molar-refractivity contribution is 6.30. The van der Waals surface area contributed by atoms with Crippen molar-refractivity contribution in [2.45, 2.75) is 39.0 Å². The molecule has 1 aliphatic carbocycles. The SMILES string of the molecule is Cc1cc(Cl)ccc1NC(=O)CCN1C(=O)[C@H]2CCCC[C@@H]2C1=O. The molecule has 1 heterocycles. The fraction of sp³-hybridized carbons (Fsp3) is 0.500. The molecular weight excluding hydrogens is 328 g/mol. The summed E-state index contributed by atoms with van der Waals surface area (Å²) in [5, 5.41) is 3.42. The van der Waals surface area contributed by atoms with Crippen LogP contribution in [0.4, 0.5) is 5.69 Å². The lowest BCUT2D eigenvalue weighted by Crippen LogP contribution is -2.34. The topological polar surface area (TPSA) is 66.5 Å². The van der Waals surface area contributed by atoms with Crippen LogP contribution in [0.1, 0.15) is 37.7 Å². The Morgan fingerprint density at radius 2 is 1.83 bits per heavy atom. The highest BCUT2D eigenvalue weighted by Gasteiger charge is 2.47. The predicted molar refractivity (Wildman–Crippen MR) is 91.6 cm³/mol. The molecule has 2 atom stereocenters. The van der Waals surface area contributed by atoms with Gasteiger partial charge in [-0.25, -0.2) is 0 Å². The van der Waals surface area contributed by atoms with Gasteiger partial charge in [0, 0.05) is 23.7 Å². The number of aryl methyl sites for hydroxylation is 1. The highest BCUT2D eigenvalue weighted by Crippen LogP contribution is 2.38. The molecular formula is C18H21ClN2O3. The molecule has 1 saturated carbocycles. The van der Waals surface area contributed by atoms with Crippen molar-refractivity contribution in [3.63, 3.8) is 0 Å². The molecule has 0 bridgehead atoms. The number of carbonyl (C=O) groups excluding carboxylic acids is 3. The molecule has 24 heavy (non-hydrogen) atoms. The van der Waals surface area contributed by atoms with Gasteiger partial charge in [-0.2, -0.15) is 0 Å². The van der Waals surface area contributed by atoms with Gasteiger partial charge in [0.15, 0.2) is 0 Å². The van der Waals surface area contributed by atoms with Gasteiger partial charge in [0.2, 0.25) is 17.7 Å².